The second-order valence-electron chi connectivity index (χ2n) is 4.62. The summed E-state index contributed by atoms with van der Waals surface area (Å²) >= 11 is 5.94. The molecule has 0 fully saturated rings. The third-order valence-electron chi connectivity index (χ3n) is 3.07. The number of hydrogen-bond acceptors (Lipinski definition) is 4. The Labute approximate surface area is 129 Å². The maximum absolute atomic E-state index is 9.38. The summed E-state index contributed by atoms with van der Waals surface area (Å²) in [5, 5.41) is 9.93. The van der Waals surface area contributed by atoms with E-state index in [2.05, 4.69) is 4.98 Å². The zero-order valence-corrected chi connectivity index (χ0v) is 12.9. The van der Waals surface area contributed by atoms with Gasteiger partial charge in [-0.3, -0.25) is 0 Å². The SMILES string of the molecule is CCCOc1ccc(CO)c(OCc2ncc(Cl)n2C)c1. The lowest BCUT2D eigenvalue weighted by molar-refractivity contribution is 0.251. The van der Waals surface area contributed by atoms with Crippen LogP contribution in [0.4, 0.5) is 0 Å². The van der Waals surface area contributed by atoms with Crippen molar-refractivity contribution in [2.45, 2.75) is 26.6 Å². The highest BCUT2D eigenvalue weighted by atomic mass is 35.5. The Morgan fingerprint density at radius 3 is 2.76 bits per heavy atom. The van der Waals surface area contributed by atoms with E-state index in [1.807, 2.05) is 20.0 Å². The third kappa shape index (κ3) is 3.89. The molecule has 0 aliphatic heterocycles. The minimum absolute atomic E-state index is 0.0925. The van der Waals surface area contributed by atoms with E-state index in [1.54, 1.807) is 22.9 Å². The lowest BCUT2D eigenvalue weighted by atomic mass is 10.2. The molecule has 114 valence electrons. The van der Waals surface area contributed by atoms with Crippen molar-refractivity contribution < 1.29 is 14.6 Å². The minimum Gasteiger partial charge on any atom is -0.493 e. The molecule has 2 aromatic rings. The van der Waals surface area contributed by atoms with Crippen LogP contribution in [-0.2, 0) is 20.3 Å². The van der Waals surface area contributed by atoms with Gasteiger partial charge in [-0.05, 0) is 18.6 Å². The molecular weight excluding hydrogens is 292 g/mol. The molecule has 0 bridgehead atoms. The van der Waals surface area contributed by atoms with Gasteiger partial charge in [-0.15, -0.1) is 0 Å². The van der Waals surface area contributed by atoms with E-state index < -0.39 is 0 Å². The van der Waals surface area contributed by atoms with Gasteiger partial charge in [-0.2, -0.15) is 0 Å². The number of benzene rings is 1. The van der Waals surface area contributed by atoms with Gasteiger partial charge >= 0.3 is 0 Å². The Balaban J connectivity index is 2.11. The second kappa shape index (κ2) is 7.33. The number of halogens is 1. The Bertz CT molecular complexity index is 599. The number of aliphatic hydroxyl groups is 1. The molecule has 0 aliphatic carbocycles. The summed E-state index contributed by atoms with van der Waals surface area (Å²) in [4.78, 5) is 4.17. The van der Waals surface area contributed by atoms with Crippen LogP contribution in [0.5, 0.6) is 11.5 Å². The van der Waals surface area contributed by atoms with E-state index in [-0.39, 0.29) is 13.2 Å². The number of aromatic nitrogens is 2. The van der Waals surface area contributed by atoms with Crippen molar-refractivity contribution in [1.82, 2.24) is 9.55 Å². The number of imidazole rings is 1. The lowest BCUT2D eigenvalue weighted by Crippen LogP contribution is -2.05. The topological polar surface area (TPSA) is 56.5 Å². The van der Waals surface area contributed by atoms with Gasteiger partial charge in [-0.25, -0.2) is 4.98 Å². The summed E-state index contributed by atoms with van der Waals surface area (Å²) in [5.74, 6) is 2.02. The molecule has 0 aliphatic rings. The van der Waals surface area contributed by atoms with Gasteiger partial charge in [0.05, 0.1) is 19.4 Å². The van der Waals surface area contributed by atoms with Crippen molar-refractivity contribution in [3.63, 3.8) is 0 Å². The highest BCUT2D eigenvalue weighted by Gasteiger charge is 2.09. The quantitative estimate of drug-likeness (QED) is 0.854. The molecule has 0 unspecified atom stereocenters. The zero-order valence-electron chi connectivity index (χ0n) is 12.2. The average molecular weight is 311 g/mol. The van der Waals surface area contributed by atoms with E-state index in [0.29, 0.717) is 28.9 Å². The second-order valence-corrected chi connectivity index (χ2v) is 5.01. The summed E-state index contributed by atoms with van der Waals surface area (Å²) in [6.07, 6.45) is 2.51. The molecule has 0 atom stereocenters. The first-order valence-corrected chi connectivity index (χ1v) is 7.19. The summed E-state index contributed by atoms with van der Waals surface area (Å²) in [7, 11) is 1.82. The first-order chi connectivity index (χ1) is 10.2. The molecular formula is C15H19ClN2O3. The highest BCUT2D eigenvalue weighted by Crippen LogP contribution is 2.26. The van der Waals surface area contributed by atoms with Crippen LogP contribution in [0, 0.1) is 0 Å². The first kappa shape index (κ1) is 15.7. The summed E-state index contributed by atoms with van der Waals surface area (Å²) in [6, 6.07) is 5.41. The van der Waals surface area contributed by atoms with E-state index in [4.69, 9.17) is 21.1 Å². The summed E-state index contributed by atoms with van der Waals surface area (Å²) in [6.45, 7) is 2.87. The van der Waals surface area contributed by atoms with Crippen LogP contribution in [0.3, 0.4) is 0 Å². The van der Waals surface area contributed by atoms with Crippen molar-refractivity contribution in [3.8, 4) is 11.5 Å². The average Bonchev–Trinajstić information content (AvgIpc) is 2.82. The van der Waals surface area contributed by atoms with Crippen LogP contribution in [0.2, 0.25) is 5.15 Å². The van der Waals surface area contributed by atoms with Crippen LogP contribution in [-0.4, -0.2) is 21.3 Å². The van der Waals surface area contributed by atoms with Crippen molar-refractivity contribution in [2.24, 2.45) is 7.05 Å². The van der Waals surface area contributed by atoms with Crippen LogP contribution >= 0.6 is 11.6 Å². The molecule has 0 radical (unpaired) electrons. The van der Waals surface area contributed by atoms with Crippen LogP contribution in [0.1, 0.15) is 24.7 Å². The molecule has 1 aromatic carbocycles. The minimum atomic E-state index is -0.0925. The van der Waals surface area contributed by atoms with Crippen molar-refractivity contribution >= 4 is 11.6 Å². The Morgan fingerprint density at radius 1 is 1.33 bits per heavy atom. The molecule has 0 saturated carbocycles. The summed E-state index contributed by atoms with van der Waals surface area (Å²) < 4.78 is 13.1. The molecule has 0 amide bonds. The molecule has 1 N–H and O–H groups in total. The van der Waals surface area contributed by atoms with Gasteiger partial charge in [0, 0.05) is 18.7 Å². The largest absolute Gasteiger partial charge is 0.493 e. The summed E-state index contributed by atoms with van der Waals surface area (Å²) in [5.41, 5.74) is 0.708. The smallest absolute Gasteiger partial charge is 0.147 e. The van der Waals surface area contributed by atoms with Gasteiger partial charge in [0.2, 0.25) is 0 Å². The number of aliphatic hydroxyl groups excluding tert-OH is 1. The Hall–Kier alpha value is -1.72. The first-order valence-electron chi connectivity index (χ1n) is 6.81. The van der Waals surface area contributed by atoms with Crippen LogP contribution in [0.15, 0.2) is 24.4 Å². The van der Waals surface area contributed by atoms with Crippen molar-refractivity contribution in [1.29, 1.82) is 0 Å². The van der Waals surface area contributed by atoms with Gasteiger partial charge in [0.15, 0.2) is 0 Å². The molecule has 1 heterocycles. The normalized spacial score (nSPS) is 10.7. The van der Waals surface area contributed by atoms with E-state index in [1.165, 1.54) is 0 Å². The molecule has 5 nitrogen and oxygen atoms in total. The predicted octanol–water partition coefficient (Wildman–Crippen LogP) is 2.93. The third-order valence-corrected chi connectivity index (χ3v) is 3.42. The van der Waals surface area contributed by atoms with Crippen molar-refractivity contribution in [2.75, 3.05) is 6.61 Å². The van der Waals surface area contributed by atoms with Gasteiger partial charge in [0.1, 0.15) is 29.1 Å². The van der Waals surface area contributed by atoms with E-state index in [9.17, 15) is 5.11 Å². The fourth-order valence-electron chi connectivity index (χ4n) is 1.81. The standard InChI is InChI=1S/C15H19ClN2O3/c1-3-6-20-12-5-4-11(9-19)13(7-12)21-10-15-17-8-14(16)18(15)2/h4-5,7-8,19H,3,6,9-10H2,1-2H3. The molecule has 21 heavy (non-hydrogen) atoms. The molecule has 6 heteroatoms. The van der Waals surface area contributed by atoms with E-state index in [0.717, 1.165) is 12.2 Å². The molecule has 2 rings (SSSR count). The highest BCUT2D eigenvalue weighted by molar-refractivity contribution is 6.29. The zero-order chi connectivity index (χ0) is 15.2. The molecule has 0 saturated heterocycles. The van der Waals surface area contributed by atoms with Crippen LogP contribution in [0.25, 0.3) is 0 Å². The lowest BCUT2D eigenvalue weighted by Gasteiger charge is -2.12. The fraction of sp³-hybridized carbons (Fsp3) is 0.400. The fourth-order valence-corrected chi connectivity index (χ4v) is 1.96. The van der Waals surface area contributed by atoms with Gasteiger partial charge in [0.25, 0.3) is 0 Å². The Kier molecular flexibility index (Phi) is 5.47. The number of rotatable bonds is 7. The number of hydrogen-bond donors (Lipinski definition) is 1. The number of nitrogens with zero attached hydrogens (tertiary/aromatic N) is 2. The van der Waals surface area contributed by atoms with Crippen molar-refractivity contribution in [3.05, 3.63) is 40.9 Å². The van der Waals surface area contributed by atoms with E-state index >= 15 is 0 Å². The maximum atomic E-state index is 9.38. The predicted molar refractivity (Wildman–Crippen MR) is 80.7 cm³/mol. The number of ether oxygens (including phenoxy) is 2. The molecule has 1 aromatic heterocycles. The van der Waals surface area contributed by atoms with Gasteiger partial charge < -0.3 is 19.1 Å². The van der Waals surface area contributed by atoms with Crippen LogP contribution < -0.4 is 9.47 Å². The van der Waals surface area contributed by atoms with Gasteiger partial charge in [-0.1, -0.05) is 18.5 Å². The molecule has 0 spiro atoms. The maximum Gasteiger partial charge on any atom is 0.147 e. The monoisotopic (exact) mass is 310 g/mol. The Morgan fingerprint density at radius 2 is 2.14 bits per heavy atom.